The SMILES string of the molecule is Cc1c(-c2ccccc2)cc(-c2ccccc2)cc1-c1ccccc1.Cc1c(-c2ccccc2)cccc1-c1ccccc1. The molecule has 0 saturated carbocycles. The molecule has 0 spiro atoms. The zero-order chi connectivity index (χ0) is 30.1. The van der Waals surface area contributed by atoms with Gasteiger partial charge in [-0.1, -0.05) is 170 Å². The van der Waals surface area contributed by atoms with Crippen LogP contribution in [0.1, 0.15) is 11.1 Å². The lowest BCUT2D eigenvalue weighted by atomic mass is 9.88. The first kappa shape index (κ1) is 28.6. The van der Waals surface area contributed by atoms with Crippen LogP contribution in [0.25, 0.3) is 55.6 Å². The van der Waals surface area contributed by atoms with Gasteiger partial charge in [-0.2, -0.15) is 0 Å². The predicted molar refractivity (Wildman–Crippen MR) is 190 cm³/mol. The molecule has 0 fully saturated rings. The van der Waals surface area contributed by atoms with E-state index in [9.17, 15) is 0 Å². The Bertz CT molecular complexity index is 1800. The van der Waals surface area contributed by atoms with E-state index in [1.165, 1.54) is 66.8 Å². The fraction of sp³-hybridized carbons (Fsp3) is 0.0455. The Morgan fingerprint density at radius 1 is 0.227 bits per heavy atom. The van der Waals surface area contributed by atoms with Crippen molar-refractivity contribution in [1.29, 1.82) is 0 Å². The molecule has 0 heteroatoms. The van der Waals surface area contributed by atoms with Crippen LogP contribution in [0.3, 0.4) is 0 Å². The number of hydrogen-bond acceptors (Lipinski definition) is 0. The lowest BCUT2D eigenvalue weighted by Crippen LogP contribution is -1.91. The Balaban J connectivity index is 0.000000162. The van der Waals surface area contributed by atoms with Crippen molar-refractivity contribution in [3.63, 3.8) is 0 Å². The molecule has 0 aliphatic rings. The van der Waals surface area contributed by atoms with Crippen LogP contribution in [0.2, 0.25) is 0 Å². The number of hydrogen-bond donors (Lipinski definition) is 0. The summed E-state index contributed by atoms with van der Waals surface area (Å²) in [6, 6.07) is 64.2. The maximum atomic E-state index is 2.31. The van der Waals surface area contributed by atoms with Crippen LogP contribution in [-0.2, 0) is 0 Å². The van der Waals surface area contributed by atoms with Gasteiger partial charge in [0.1, 0.15) is 0 Å². The van der Waals surface area contributed by atoms with Gasteiger partial charge in [0.15, 0.2) is 0 Å². The van der Waals surface area contributed by atoms with E-state index in [0.717, 1.165) is 0 Å². The summed E-state index contributed by atoms with van der Waals surface area (Å²) in [7, 11) is 0. The average Bonchev–Trinajstić information content (AvgIpc) is 3.11. The lowest BCUT2D eigenvalue weighted by molar-refractivity contribution is 1.44. The van der Waals surface area contributed by atoms with E-state index < -0.39 is 0 Å². The topological polar surface area (TPSA) is 0 Å². The highest BCUT2D eigenvalue weighted by Crippen LogP contribution is 2.37. The van der Waals surface area contributed by atoms with E-state index in [0.29, 0.717) is 0 Å². The van der Waals surface area contributed by atoms with Gasteiger partial charge in [0.05, 0.1) is 0 Å². The van der Waals surface area contributed by atoms with Crippen molar-refractivity contribution in [2.45, 2.75) is 13.8 Å². The van der Waals surface area contributed by atoms with Crippen molar-refractivity contribution in [3.8, 4) is 55.6 Å². The van der Waals surface area contributed by atoms with E-state index in [1.807, 2.05) is 0 Å². The molecule has 212 valence electrons. The summed E-state index contributed by atoms with van der Waals surface area (Å²) in [6.45, 7) is 4.42. The summed E-state index contributed by atoms with van der Waals surface area (Å²) in [5, 5.41) is 0. The van der Waals surface area contributed by atoms with E-state index in [1.54, 1.807) is 0 Å². The Labute approximate surface area is 262 Å². The molecule has 0 N–H and O–H groups in total. The molecular weight excluding hydrogens is 528 g/mol. The molecule has 0 bridgehead atoms. The second-order valence-corrected chi connectivity index (χ2v) is 11.0. The first-order valence-corrected chi connectivity index (χ1v) is 15.2. The van der Waals surface area contributed by atoms with Crippen molar-refractivity contribution in [2.75, 3.05) is 0 Å². The molecule has 0 saturated heterocycles. The Morgan fingerprint density at radius 2 is 0.500 bits per heavy atom. The minimum absolute atomic E-state index is 1.25. The summed E-state index contributed by atoms with van der Waals surface area (Å²) in [6.07, 6.45) is 0. The maximum absolute atomic E-state index is 2.31. The number of benzene rings is 7. The zero-order valence-corrected chi connectivity index (χ0v) is 25.3. The molecule has 44 heavy (non-hydrogen) atoms. The quantitative estimate of drug-likeness (QED) is 0.195. The Morgan fingerprint density at radius 3 is 0.841 bits per heavy atom. The molecule has 0 amide bonds. The monoisotopic (exact) mass is 564 g/mol. The minimum Gasteiger partial charge on any atom is -0.0622 e. The van der Waals surface area contributed by atoms with Crippen LogP contribution in [0, 0.1) is 13.8 Å². The van der Waals surface area contributed by atoms with E-state index in [-0.39, 0.29) is 0 Å². The van der Waals surface area contributed by atoms with Crippen molar-refractivity contribution >= 4 is 0 Å². The summed E-state index contributed by atoms with van der Waals surface area (Å²) in [5.74, 6) is 0. The molecule has 7 aromatic carbocycles. The summed E-state index contributed by atoms with van der Waals surface area (Å²) in [4.78, 5) is 0. The third-order valence-corrected chi connectivity index (χ3v) is 8.19. The summed E-state index contributed by atoms with van der Waals surface area (Å²) in [5.41, 5.74) is 15.4. The molecule has 0 aromatic heterocycles. The van der Waals surface area contributed by atoms with E-state index in [4.69, 9.17) is 0 Å². The predicted octanol–water partition coefficient (Wildman–Crippen LogP) is 12.3. The highest BCUT2D eigenvalue weighted by molar-refractivity contribution is 5.85. The van der Waals surface area contributed by atoms with Crippen LogP contribution < -0.4 is 0 Å². The van der Waals surface area contributed by atoms with Gasteiger partial charge >= 0.3 is 0 Å². The molecule has 0 unspecified atom stereocenters. The molecule has 0 atom stereocenters. The van der Waals surface area contributed by atoms with Gasteiger partial charge < -0.3 is 0 Å². The maximum Gasteiger partial charge on any atom is -0.0142 e. The second-order valence-electron chi connectivity index (χ2n) is 11.0. The fourth-order valence-corrected chi connectivity index (χ4v) is 5.84. The molecule has 0 aliphatic heterocycles. The van der Waals surface area contributed by atoms with Gasteiger partial charge in [-0.25, -0.2) is 0 Å². The van der Waals surface area contributed by atoms with E-state index in [2.05, 4.69) is 196 Å². The van der Waals surface area contributed by atoms with Crippen LogP contribution >= 0.6 is 0 Å². The number of rotatable bonds is 5. The highest BCUT2D eigenvalue weighted by Gasteiger charge is 2.12. The standard InChI is InChI=1S/C25H20.C19H16/c1-19-24(21-13-7-3-8-14-21)17-23(20-11-5-2-6-12-20)18-25(19)22-15-9-4-10-16-22;1-15-18(16-9-4-2-5-10-16)13-8-14-19(15)17-11-6-3-7-12-17/h2-18H,1H3;2-14H,1H3. The molecule has 0 nitrogen and oxygen atoms in total. The molecule has 0 radical (unpaired) electrons. The van der Waals surface area contributed by atoms with Crippen LogP contribution in [0.5, 0.6) is 0 Å². The smallest absolute Gasteiger partial charge is 0.0142 e. The van der Waals surface area contributed by atoms with Crippen molar-refractivity contribution < 1.29 is 0 Å². The van der Waals surface area contributed by atoms with Crippen molar-refractivity contribution in [2.24, 2.45) is 0 Å². The third-order valence-electron chi connectivity index (χ3n) is 8.19. The largest absolute Gasteiger partial charge is 0.0622 e. The summed E-state index contributed by atoms with van der Waals surface area (Å²) < 4.78 is 0. The van der Waals surface area contributed by atoms with Crippen LogP contribution in [0.4, 0.5) is 0 Å². The summed E-state index contributed by atoms with van der Waals surface area (Å²) >= 11 is 0. The molecule has 7 rings (SSSR count). The van der Waals surface area contributed by atoms with Gasteiger partial charge in [0.25, 0.3) is 0 Å². The van der Waals surface area contributed by atoms with Gasteiger partial charge in [0.2, 0.25) is 0 Å². The van der Waals surface area contributed by atoms with Crippen molar-refractivity contribution in [1.82, 2.24) is 0 Å². The van der Waals surface area contributed by atoms with E-state index >= 15 is 0 Å². The molecular formula is C44H36. The second kappa shape index (κ2) is 13.7. The fourth-order valence-electron chi connectivity index (χ4n) is 5.84. The average molecular weight is 565 g/mol. The van der Waals surface area contributed by atoms with Crippen LogP contribution in [-0.4, -0.2) is 0 Å². The first-order chi connectivity index (χ1) is 21.7. The molecule has 0 aliphatic carbocycles. The van der Waals surface area contributed by atoms with Gasteiger partial charge in [-0.05, 0) is 92.7 Å². The first-order valence-electron chi connectivity index (χ1n) is 15.2. The van der Waals surface area contributed by atoms with Gasteiger partial charge in [-0.3, -0.25) is 0 Å². The van der Waals surface area contributed by atoms with Gasteiger partial charge in [-0.15, -0.1) is 0 Å². The third kappa shape index (κ3) is 6.46. The highest BCUT2D eigenvalue weighted by atomic mass is 14.2. The molecule has 7 aromatic rings. The van der Waals surface area contributed by atoms with Crippen LogP contribution in [0.15, 0.2) is 182 Å². The Hall–Kier alpha value is -5.46. The lowest BCUT2D eigenvalue weighted by Gasteiger charge is -2.16. The molecule has 0 heterocycles. The zero-order valence-electron chi connectivity index (χ0n) is 25.3. The van der Waals surface area contributed by atoms with Gasteiger partial charge in [0, 0.05) is 0 Å². The Kier molecular flexibility index (Phi) is 8.90. The van der Waals surface area contributed by atoms with Crippen molar-refractivity contribution in [3.05, 3.63) is 193 Å². The minimum atomic E-state index is 1.25. The normalized spacial score (nSPS) is 10.5.